The fourth-order valence-electron chi connectivity index (χ4n) is 2.38. The number of carbonyl (C=O) groups excluding carboxylic acids is 2. The van der Waals surface area contributed by atoms with Crippen LogP contribution in [0.1, 0.15) is 32.1 Å². The Morgan fingerprint density at radius 2 is 2.19 bits per heavy atom. The van der Waals surface area contributed by atoms with Gasteiger partial charge in [-0.25, -0.2) is 4.79 Å². The molecule has 4 N–H and O–H groups in total. The van der Waals surface area contributed by atoms with Gasteiger partial charge in [0.1, 0.15) is 11.8 Å². The minimum absolute atomic E-state index is 0.162. The molecule has 0 aromatic carbocycles. The van der Waals surface area contributed by atoms with E-state index in [9.17, 15) is 9.59 Å². The number of ether oxygens (including phenoxy) is 1. The SMILES string of the molecule is NC(=O)C[C@H](N)C(=O)OC1=C2CCC(C2)C1. The summed E-state index contributed by atoms with van der Waals surface area (Å²) in [4.78, 5) is 22.1. The van der Waals surface area contributed by atoms with Crippen molar-refractivity contribution in [2.24, 2.45) is 17.4 Å². The van der Waals surface area contributed by atoms with Gasteiger partial charge in [-0.1, -0.05) is 0 Å². The standard InChI is InChI=1S/C11H16N2O3/c12-8(5-10(13)14)11(15)16-9-4-6-1-2-7(9)3-6/h6,8H,1-5,12H2,(H2,13,14)/t6?,8-/m0/s1. The molecule has 2 aliphatic carbocycles. The third kappa shape index (κ3) is 2.24. The smallest absolute Gasteiger partial charge is 0.328 e. The lowest BCUT2D eigenvalue weighted by Gasteiger charge is -2.14. The van der Waals surface area contributed by atoms with E-state index < -0.39 is 17.9 Å². The van der Waals surface area contributed by atoms with Crippen molar-refractivity contribution < 1.29 is 14.3 Å². The van der Waals surface area contributed by atoms with Gasteiger partial charge < -0.3 is 16.2 Å². The predicted octanol–water partition coefficient (Wildman–Crippen LogP) is 0.190. The van der Waals surface area contributed by atoms with Gasteiger partial charge in [-0.3, -0.25) is 4.79 Å². The van der Waals surface area contributed by atoms with E-state index in [0.717, 1.165) is 25.0 Å². The number of fused-ring (bicyclic) bond motifs is 2. The van der Waals surface area contributed by atoms with Gasteiger partial charge in [0.2, 0.25) is 5.91 Å². The van der Waals surface area contributed by atoms with Crippen molar-refractivity contribution in [3.8, 4) is 0 Å². The normalized spacial score (nSPS) is 24.7. The molecule has 0 spiro atoms. The monoisotopic (exact) mass is 224 g/mol. The fraction of sp³-hybridized carbons (Fsp3) is 0.636. The molecule has 5 heteroatoms. The first kappa shape index (κ1) is 11.1. The molecule has 2 rings (SSSR count). The Morgan fingerprint density at radius 3 is 2.69 bits per heavy atom. The van der Waals surface area contributed by atoms with Crippen molar-refractivity contribution in [2.75, 3.05) is 0 Å². The maximum atomic E-state index is 11.5. The fourth-order valence-corrected chi connectivity index (χ4v) is 2.38. The third-order valence-electron chi connectivity index (χ3n) is 3.21. The lowest BCUT2D eigenvalue weighted by atomic mass is 10.0. The lowest BCUT2D eigenvalue weighted by molar-refractivity contribution is -0.142. The number of nitrogens with two attached hydrogens (primary N) is 2. The van der Waals surface area contributed by atoms with Crippen LogP contribution in [0.3, 0.4) is 0 Å². The molecule has 5 nitrogen and oxygen atoms in total. The summed E-state index contributed by atoms with van der Waals surface area (Å²) in [7, 11) is 0. The Labute approximate surface area is 93.8 Å². The number of allylic oxidation sites excluding steroid dienone is 2. The first-order valence-electron chi connectivity index (χ1n) is 5.52. The molecule has 0 aliphatic heterocycles. The number of hydrogen-bond donors (Lipinski definition) is 2. The Morgan fingerprint density at radius 1 is 1.44 bits per heavy atom. The first-order valence-corrected chi connectivity index (χ1v) is 5.52. The van der Waals surface area contributed by atoms with Crippen LogP contribution in [-0.2, 0) is 14.3 Å². The summed E-state index contributed by atoms with van der Waals surface area (Å²) in [6.45, 7) is 0. The summed E-state index contributed by atoms with van der Waals surface area (Å²) < 4.78 is 5.22. The quantitative estimate of drug-likeness (QED) is 0.666. The van der Waals surface area contributed by atoms with E-state index in [4.69, 9.17) is 16.2 Å². The van der Waals surface area contributed by atoms with Gasteiger partial charge in [-0.05, 0) is 30.8 Å². The van der Waals surface area contributed by atoms with E-state index in [2.05, 4.69) is 0 Å². The molecule has 2 aliphatic rings. The van der Waals surface area contributed by atoms with Crippen molar-refractivity contribution in [2.45, 2.75) is 38.1 Å². The van der Waals surface area contributed by atoms with Crippen LogP contribution in [0.5, 0.6) is 0 Å². The topological polar surface area (TPSA) is 95.4 Å². The maximum Gasteiger partial charge on any atom is 0.328 e. The highest BCUT2D eigenvalue weighted by atomic mass is 16.5. The van der Waals surface area contributed by atoms with Gasteiger partial charge in [0.05, 0.1) is 6.42 Å². The molecule has 1 unspecified atom stereocenters. The van der Waals surface area contributed by atoms with E-state index in [0.29, 0.717) is 5.92 Å². The molecular weight excluding hydrogens is 208 g/mol. The molecule has 0 heterocycles. The van der Waals surface area contributed by atoms with Gasteiger partial charge in [-0.15, -0.1) is 0 Å². The summed E-state index contributed by atoms with van der Waals surface area (Å²) >= 11 is 0. The molecule has 1 fully saturated rings. The Kier molecular flexibility index (Phi) is 2.96. The molecule has 2 bridgehead atoms. The van der Waals surface area contributed by atoms with E-state index in [1.165, 1.54) is 12.0 Å². The zero-order chi connectivity index (χ0) is 11.7. The van der Waals surface area contributed by atoms with Crippen LogP contribution < -0.4 is 11.5 Å². The average Bonchev–Trinajstić information content (AvgIpc) is 2.77. The zero-order valence-electron chi connectivity index (χ0n) is 9.07. The highest BCUT2D eigenvalue weighted by Crippen LogP contribution is 2.44. The lowest BCUT2D eigenvalue weighted by Crippen LogP contribution is -2.36. The van der Waals surface area contributed by atoms with E-state index in [1.54, 1.807) is 0 Å². The van der Waals surface area contributed by atoms with Gasteiger partial charge >= 0.3 is 5.97 Å². The van der Waals surface area contributed by atoms with Gasteiger partial charge in [-0.2, -0.15) is 0 Å². The summed E-state index contributed by atoms with van der Waals surface area (Å²) in [5, 5.41) is 0. The molecule has 0 radical (unpaired) electrons. The summed E-state index contributed by atoms with van der Waals surface area (Å²) in [6.07, 6.45) is 3.95. The summed E-state index contributed by atoms with van der Waals surface area (Å²) in [6, 6.07) is -0.940. The minimum atomic E-state index is -0.940. The first-order chi connectivity index (χ1) is 7.56. The molecule has 0 saturated heterocycles. The predicted molar refractivity (Wildman–Crippen MR) is 56.9 cm³/mol. The van der Waals surface area contributed by atoms with Crippen molar-refractivity contribution in [1.82, 2.24) is 0 Å². The highest BCUT2D eigenvalue weighted by molar-refractivity contribution is 5.84. The van der Waals surface area contributed by atoms with Crippen LogP contribution in [0.2, 0.25) is 0 Å². The van der Waals surface area contributed by atoms with Crippen molar-refractivity contribution in [3.63, 3.8) is 0 Å². The number of rotatable bonds is 4. The van der Waals surface area contributed by atoms with Crippen LogP contribution in [0.25, 0.3) is 0 Å². The molecule has 88 valence electrons. The van der Waals surface area contributed by atoms with Crippen LogP contribution >= 0.6 is 0 Å². The van der Waals surface area contributed by atoms with E-state index in [1.807, 2.05) is 0 Å². The number of carbonyl (C=O) groups is 2. The molecule has 16 heavy (non-hydrogen) atoms. The summed E-state index contributed by atoms with van der Waals surface area (Å²) in [5.41, 5.74) is 11.7. The molecule has 0 aromatic rings. The largest absolute Gasteiger partial charge is 0.430 e. The Bertz CT molecular complexity index is 362. The zero-order valence-corrected chi connectivity index (χ0v) is 9.07. The van der Waals surface area contributed by atoms with E-state index in [-0.39, 0.29) is 6.42 Å². The average molecular weight is 224 g/mol. The van der Waals surface area contributed by atoms with Crippen molar-refractivity contribution in [3.05, 3.63) is 11.3 Å². The maximum absolute atomic E-state index is 11.5. The van der Waals surface area contributed by atoms with Crippen LogP contribution in [0.15, 0.2) is 11.3 Å². The Hall–Kier alpha value is -1.36. The number of amides is 1. The second kappa shape index (κ2) is 4.25. The second-order valence-corrected chi connectivity index (χ2v) is 4.54. The molecule has 2 atom stereocenters. The summed E-state index contributed by atoms with van der Waals surface area (Å²) in [5.74, 6) is 0.287. The van der Waals surface area contributed by atoms with E-state index >= 15 is 0 Å². The molecule has 1 amide bonds. The van der Waals surface area contributed by atoms with Crippen molar-refractivity contribution in [1.29, 1.82) is 0 Å². The molecule has 0 aromatic heterocycles. The van der Waals surface area contributed by atoms with Gasteiger partial charge in [0, 0.05) is 6.42 Å². The second-order valence-electron chi connectivity index (χ2n) is 4.54. The van der Waals surface area contributed by atoms with Crippen molar-refractivity contribution >= 4 is 11.9 Å². The Balaban J connectivity index is 1.90. The number of hydrogen-bond acceptors (Lipinski definition) is 4. The highest BCUT2D eigenvalue weighted by Gasteiger charge is 2.33. The van der Waals surface area contributed by atoms with Crippen LogP contribution in [0.4, 0.5) is 0 Å². The van der Waals surface area contributed by atoms with Crippen LogP contribution in [0, 0.1) is 5.92 Å². The third-order valence-corrected chi connectivity index (χ3v) is 3.21. The number of primary amides is 1. The molecule has 1 saturated carbocycles. The number of esters is 1. The van der Waals surface area contributed by atoms with Gasteiger partial charge in [0.25, 0.3) is 0 Å². The molecular formula is C11H16N2O3. The van der Waals surface area contributed by atoms with Gasteiger partial charge in [0.15, 0.2) is 0 Å². The van der Waals surface area contributed by atoms with Crippen LogP contribution in [-0.4, -0.2) is 17.9 Å². The minimum Gasteiger partial charge on any atom is -0.430 e.